The lowest BCUT2D eigenvalue weighted by atomic mass is 10.1. The zero-order chi connectivity index (χ0) is 12.8. The van der Waals surface area contributed by atoms with Crippen molar-refractivity contribution in [3.05, 3.63) is 12.2 Å². The highest BCUT2D eigenvalue weighted by atomic mass is 16.5. The molecule has 0 spiro atoms. The first-order chi connectivity index (χ1) is 8.27. The molecule has 0 heterocycles. The predicted octanol–water partition coefficient (Wildman–Crippen LogP) is 4.64. The van der Waals surface area contributed by atoms with E-state index in [2.05, 4.69) is 19.1 Å². The normalized spacial score (nSPS) is 10.9. The second-order valence-electron chi connectivity index (χ2n) is 4.48. The molecule has 100 valence electrons. The first-order valence-electron chi connectivity index (χ1n) is 7.05. The molecule has 0 aromatic carbocycles. The van der Waals surface area contributed by atoms with E-state index in [-0.39, 0.29) is 5.97 Å². The lowest BCUT2D eigenvalue weighted by molar-refractivity contribution is -0.141. The van der Waals surface area contributed by atoms with Crippen LogP contribution >= 0.6 is 0 Å². The van der Waals surface area contributed by atoms with Gasteiger partial charge >= 0.3 is 5.97 Å². The fourth-order valence-electron chi connectivity index (χ4n) is 1.75. The average molecular weight is 240 g/mol. The van der Waals surface area contributed by atoms with E-state index in [0.29, 0.717) is 6.61 Å². The number of rotatable bonds is 11. The standard InChI is InChI=1S/C15H28O2/c1-3-4-5-6-7-8-9-10-11-12-13-14-17-15(2)16/h4-5H,3,6-14H2,1-2H3. The summed E-state index contributed by atoms with van der Waals surface area (Å²) in [6.07, 6.45) is 15.7. The van der Waals surface area contributed by atoms with Crippen LogP contribution in [0.4, 0.5) is 0 Å². The molecule has 0 amide bonds. The zero-order valence-electron chi connectivity index (χ0n) is 11.5. The van der Waals surface area contributed by atoms with Gasteiger partial charge in [0, 0.05) is 6.92 Å². The number of ether oxygens (including phenoxy) is 1. The minimum absolute atomic E-state index is 0.162. The maximum absolute atomic E-state index is 10.5. The Balaban J connectivity index is 2.98. The second kappa shape index (κ2) is 13.3. The van der Waals surface area contributed by atoms with Crippen LogP contribution in [0.25, 0.3) is 0 Å². The molecule has 0 unspecified atom stereocenters. The molecule has 0 fully saturated rings. The number of unbranched alkanes of at least 4 members (excludes halogenated alkanes) is 7. The van der Waals surface area contributed by atoms with Crippen LogP contribution in [-0.4, -0.2) is 12.6 Å². The molecule has 0 atom stereocenters. The Morgan fingerprint density at radius 1 is 0.941 bits per heavy atom. The maximum Gasteiger partial charge on any atom is 0.302 e. The second-order valence-corrected chi connectivity index (χ2v) is 4.48. The predicted molar refractivity (Wildman–Crippen MR) is 73.0 cm³/mol. The highest BCUT2D eigenvalue weighted by Crippen LogP contribution is 2.09. The van der Waals surface area contributed by atoms with Crippen molar-refractivity contribution in [3.63, 3.8) is 0 Å². The molecule has 0 aliphatic carbocycles. The number of hydrogen-bond donors (Lipinski definition) is 0. The van der Waals surface area contributed by atoms with Crippen molar-refractivity contribution < 1.29 is 9.53 Å². The van der Waals surface area contributed by atoms with Crippen molar-refractivity contribution in [2.45, 2.75) is 71.6 Å². The molecule has 17 heavy (non-hydrogen) atoms. The van der Waals surface area contributed by atoms with Crippen molar-refractivity contribution in [2.75, 3.05) is 6.61 Å². The van der Waals surface area contributed by atoms with Gasteiger partial charge in [-0.05, 0) is 25.7 Å². The third kappa shape index (κ3) is 15.2. The van der Waals surface area contributed by atoms with E-state index in [9.17, 15) is 4.79 Å². The van der Waals surface area contributed by atoms with E-state index in [4.69, 9.17) is 4.74 Å². The maximum atomic E-state index is 10.5. The quantitative estimate of drug-likeness (QED) is 0.299. The Labute approximate surface area is 106 Å². The van der Waals surface area contributed by atoms with E-state index in [0.717, 1.165) is 12.8 Å². The lowest BCUT2D eigenvalue weighted by Gasteiger charge is -2.02. The molecule has 0 radical (unpaired) electrons. The number of carbonyl (C=O) groups is 1. The Morgan fingerprint density at radius 3 is 2.12 bits per heavy atom. The first kappa shape index (κ1) is 16.2. The molecule has 0 bridgehead atoms. The summed E-state index contributed by atoms with van der Waals surface area (Å²) in [5.74, 6) is -0.162. The first-order valence-corrected chi connectivity index (χ1v) is 7.05. The van der Waals surface area contributed by atoms with Crippen LogP contribution in [0.15, 0.2) is 12.2 Å². The van der Waals surface area contributed by atoms with Gasteiger partial charge in [-0.15, -0.1) is 0 Å². The van der Waals surface area contributed by atoms with Crippen LogP contribution < -0.4 is 0 Å². The van der Waals surface area contributed by atoms with E-state index < -0.39 is 0 Å². The van der Waals surface area contributed by atoms with Gasteiger partial charge in [-0.1, -0.05) is 51.2 Å². The molecule has 2 nitrogen and oxygen atoms in total. The largest absolute Gasteiger partial charge is 0.466 e. The SMILES string of the molecule is CCC=CCCCCCCCCCOC(C)=O. The molecule has 0 saturated heterocycles. The van der Waals surface area contributed by atoms with Crippen LogP contribution in [0.3, 0.4) is 0 Å². The summed E-state index contributed by atoms with van der Waals surface area (Å²) in [6.45, 7) is 4.23. The molecule has 2 heteroatoms. The van der Waals surface area contributed by atoms with Crippen LogP contribution in [0.1, 0.15) is 71.6 Å². The molecule has 0 rings (SSSR count). The highest BCUT2D eigenvalue weighted by molar-refractivity contribution is 5.65. The van der Waals surface area contributed by atoms with Crippen molar-refractivity contribution in [1.82, 2.24) is 0 Å². The third-order valence-electron chi connectivity index (χ3n) is 2.72. The minimum atomic E-state index is -0.162. The fourth-order valence-corrected chi connectivity index (χ4v) is 1.75. The monoisotopic (exact) mass is 240 g/mol. The van der Waals surface area contributed by atoms with Crippen LogP contribution in [-0.2, 0) is 9.53 Å². The third-order valence-corrected chi connectivity index (χ3v) is 2.72. The van der Waals surface area contributed by atoms with Gasteiger partial charge in [-0.25, -0.2) is 0 Å². The minimum Gasteiger partial charge on any atom is -0.466 e. The van der Waals surface area contributed by atoms with Crippen molar-refractivity contribution in [3.8, 4) is 0 Å². The summed E-state index contributed by atoms with van der Waals surface area (Å²) in [5.41, 5.74) is 0. The Hall–Kier alpha value is -0.790. The molecular weight excluding hydrogens is 212 g/mol. The van der Waals surface area contributed by atoms with Gasteiger partial charge in [0.25, 0.3) is 0 Å². The van der Waals surface area contributed by atoms with Crippen molar-refractivity contribution in [2.24, 2.45) is 0 Å². The molecule has 0 aromatic heterocycles. The van der Waals surface area contributed by atoms with Gasteiger partial charge in [-0.3, -0.25) is 4.79 Å². The molecular formula is C15H28O2. The Morgan fingerprint density at radius 2 is 1.53 bits per heavy atom. The van der Waals surface area contributed by atoms with Gasteiger partial charge in [-0.2, -0.15) is 0 Å². The lowest BCUT2D eigenvalue weighted by Crippen LogP contribution is -1.99. The molecule has 0 saturated carbocycles. The molecule has 0 aromatic rings. The number of hydrogen-bond acceptors (Lipinski definition) is 2. The van der Waals surface area contributed by atoms with Crippen LogP contribution in [0.5, 0.6) is 0 Å². The molecule has 0 N–H and O–H groups in total. The summed E-state index contributed by atoms with van der Waals surface area (Å²) in [6, 6.07) is 0. The summed E-state index contributed by atoms with van der Waals surface area (Å²) >= 11 is 0. The summed E-state index contributed by atoms with van der Waals surface area (Å²) in [7, 11) is 0. The van der Waals surface area contributed by atoms with Crippen molar-refractivity contribution in [1.29, 1.82) is 0 Å². The topological polar surface area (TPSA) is 26.3 Å². The van der Waals surface area contributed by atoms with E-state index >= 15 is 0 Å². The number of carbonyl (C=O) groups excluding carboxylic acids is 1. The summed E-state index contributed by atoms with van der Waals surface area (Å²) < 4.78 is 4.88. The summed E-state index contributed by atoms with van der Waals surface area (Å²) in [4.78, 5) is 10.5. The van der Waals surface area contributed by atoms with Crippen LogP contribution in [0.2, 0.25) is 0 Å². The Kier molecular flexibility index (Phi) is 12.7. The van der Waals surface area contributed by atoms with Gasteiger partial charge in [0.2, 0.25) is 0 Å². The molecule has 0 aliphatic rings. The van der Waals surface area contributed by atoms with E-state index in [1.54, 1.807) is 0 Å². The Bertz CT molecular complexity index is 197. The summed E-state index contributed by atoms with van der Waals surface area (Å²) in [5, 5.41) is 0. The zero-order valence-corrected chi connectivity index (χ0v) is 11.5. The highest BCUT2D eigenvalue weighted by Gasteiger charge is 1.94. The molecule has 0 aliphatic heterocycles. The fraction of sp³-hybridized carbons (Fsp3) is 0.800. The van der Waals surface area contributed by atoms with Gasteiger partial charge in [0.1, 0.15) is 0 Å². The van der Waals surface area contributed by atoms with Gasteiger partial charge in [0.05, 0.1) is 6.61 Å². The van der Waals surface area contributed by atoms with E-state index in [1.165, 1.54) is 51.9 Å². The smallest absolute Gasteiger partial charge is 0.302 e. The number of esters is 1. The van der Waals surface area contributed by atoms with Crippen LogP contribution in [0, 0.1) is 0 Å². The van der Waals surface area contributed by atoms with Gasteiger partial charge < -0.3 is 4.74 Å². The average Bonchev–Trinajstić information content (AvgIpc) is 2.30. The van der Waals surface area contributed by atoms with Crippen molar-refractivity contribution >= 4 is 5.97 Å². The van der Waals surface area contributed by atoms with E-state index in [1.807, 2.05) is 0 Å². The van der Waals surface area contributed by atoms with Gasteiger partial charge in [0.15, 0.2) is 0 Å². The number of allylic oxidation sites excluding steroid dienone is 2.